The summed E-state index contributed by atoms with van der Waals surface area (Å²) in [5, 5.41) is 8.56. The highest BCUT2D eigenvalue weighted by Gasteiger charge is 2.24. The lowest BCUT2D eigenvalue weighted by molar-refractivity contribution is -0.137. The topological polar surface area (TPSA) is 95.9 Å². The van der Waals surface area contributed by atoms with Crippen molar-refractivity contribution in [1.29, 1.82) is 0 Å². The number of carboxylic acid groups (broad SMARTS) is 1. The second kappa shape index (κ2) is 6.29. The van der Waals surface area contributed by atoms with Crippen LogP contribution in [0.1, 0.15) is 13.3 Å². The average molecular weight is 266 g/mol. The van der Waals surface area contributed by atoms with E-state index in [2.05, 4.69) is 4.72 Å². The number of aliphatic carboxylic acids is 1. The zero-order valence-electron chi connectivity index (χ0n) is 9.76. The maximum atomic E-state index is 11.8. The molecule has 0 bridgehead atoms. The van der Waals surface area contributed by atoms with Gasteiger partial charge in [-0.2, -0.15) is 12.7 Å². The number of hydrogen-bond donors (Lipinski definition) is 2. The summed E-state index contributed by atoms with van der Waals surface area (Å²) in [6.45, 7) is 3.28. The fourth-order valence-corrected chi connectivity index (χ4v) is 2.80. The van der Waals surface area contributed by atoms with E-state index in [0.717, 1.165) is 0 Å². The van der Waals surface area contributed by atoms with Crippen LogP contribution >= 0.6 is 0 Å². The SMILES string of the molecule is CC(CNS(=O)(=O)N1CCOCC1)CC(=O)O. The number of morpholine rings is 1. The first-order chi connectivity index (χ1) is 7.92. The minimum absolute atomic E-state index is 0.0500. The summed E-state index contributed by atoms with van der Waals surface area (Å²) in [5.74, 6) is -1.16. The molecule has 1 heterocycles. The second-order valence-corrected chi connectivity index (χ2v) is 5.82. The summed E-state index contributed by atoms with van der Waals surface area (Å²) in [6.07, 6.45) is -0.0500. The Kier molecular flexibility index (Phi) is 5.31. The van der Waals surface area contributed by atoms with Crippen LogP contribution in [-0.2, 0) is 19.7 Å². The summed E-state index contributed by atoms with van der Waals surface area (Å²) in [7, 11) is -3.50. The Hall–Kier alpha value is -0.700. The Balaban J connectivity index is 2.40. The molecule has 1 fully saturated rings. The van der Waals surface area contributed by atoms with Gasteiger partial charge < -0.3 is 9.84 Å². The largest absolute Gasteiger partial charge is 0.481 e. The highest BCUT2D eigenvalue weighted by Crippen LogP contribution is 2.05. The highest BCUT2D eigenvalue weighted by molar-refractivity contribution is 7.87. The van der Waals surface area contributed by atoms with E-state index in [9.17, 15) is 13.2 Å². The molecule has 0 spiro atoms. The molecular weight excluding hydrogens is 248 g/mol. The van der Waals surface area contributed by atoms with Gasteiger partial charge in [-0.3, -0.25) is 4.79 Å². The molecule has 0 aromatic carbocycles. The van der Waals surface area contributed by atoms with Gasteiger partial charge in [0.05, 0.1) is 13.2 Å². The Bertz CT molecular complexity index is 350. The third-order valence-electron chi connectivity index (χ3n) is 2.45. The molecule has 0 aliphatic carbocycles. The minimum Gasteiger partial charge on any atom is -0.481 e. The van der Waals surface area contributed by atoms with Crippen molar-refractivity contribution in [3.63, 3.8) is 0 Å². The lowest BCUT2D eigenvalue weighted by Gasteiger charge is -2.26. The lowest BCUT2D eigenvalue weighted by atomic mass is 10.1. The molecule has 1 atom stereocenters. The van der Waals surface area contributed by atoms with Gasteiger partial charge in [0.1, 0.15) is 0 Å². The molecule has 1 unspecified atom stereocenters. The van der Waals surface area contributed by atoms with E-state index < -0.39 is 16.2 Å². The molecule has 0 saturated carbocycles. The maximum absolute atomic E-state index is 11.8. The predicted octanol–water partition coefficient (Wildman–Crippen LogP) is -0.736. The third-order valence-corrected chi connectivity index (χ3v) is 4.02. The van der Waals surface area contributed by atoms with Crippen molar-refractivity contribution in [2.24, 2.45) is 5.92 Å². The highest BCUT2D eigenvalue weighted by atomic mass is 32.2. The number of carboxylic acids is 1. The van der Waals surface area contributed by atoms with Gasteiger partial charge in [-0.05, 0) is 5.92 Å². The van der Waals surface area contributed by atoms with Crippen molar-refractivity contribution in [2.45, 2.75) is 13.3 Å². The van der Waals surface area contributed by atoms with Gasteiger partial charge >= 0.3 is 5.97 Å². The van der Waals surface area contributed by atoms with Crippen LogP contribution in [0.15, 0.2) is 0 Å². The van der Waals surface area contributed by atoms with E-state index in [0.29, 0.717) is 26.3 Å². The number of nitrogens with zero attached hydrogens (tertiary/aromatic N) is 1. The zero-order valence-corrected chi connectivity index (χ0v) is 10.6. The Labute approximate surface area is 101 Å². The first kappa shape index (κ1) is 14.4. The summed E-state index contributed by atoms with van der Waals surface area (Å²) in [4.78, 5) is 10.4. The third kappa shape index (κ3) is 4.99. The van der Waals surface area contributed by atoms with E-state index in [1.165, 1.54) is 4.31 Å². The van der Waals surface area contributed by atoms with Crippen LogP contribution in [-0.4, -0.2) is 56.6 Å². The van der Waals surface area contributed by atoms with Crippen LogP contribution in [0, 0.1) is 5.92 Å². The average Bonchev–Trinajstić information content (AvgIpc) is 2.27. The van der Waals surface area contributed by atoms with Crippen LogP contribution in [0.4, 0.5) is 0 Å². The Morgan fingerprint density at radius 2 is 2.06 bits per heavy atom. The molecule has 0 aromatic heterocycles. The summed E-state index contributed by atoms with van der Waals surface area (Å²) in [6, 6.07) is 0. The first-order valence-electron chi connectivity index (χ1n) is 5.46. The molecule has 100 valence electrons. The fourth-order valence-electron chi connectivity index (χ4n) is 1.50. The molecule has 0 aromatic rings. The second-order valence-electron chi connectivity index (χ2n) is 4.07. The standard InChI is InChI=1S/C9H18N2O5S/c1-8(6-9(12)13)7-10-17(14,15)11-2-4-16-5-3-11/h8,10H,2-7H2,1H3,(H,12,13). The predicted molar refractivity (Wildman–Crippen MR) is 60.7 cm³/mol. The van der Waals surface area contributed by atoms with Crippen LogP contribution < -0.4 is 4.72 Å². The molecule has 1 saturated heterocycles. The number of carbonyl (C=O) groups is 1. The summed E-state index contributed by atoms with van der Waals surface area (Å²) in [5.41, 5.74) is 0. The van der Waals surface area contributed by atoms with Crippen molar-refractivity contribution >= 4 is 16.2 Å². The van der Waals surface area contributed by atoms with Crippen molar-refractivity contribution in [1.82, 2.24) is 9.03 Å². The Morgan fingerprint density at radius 3 is 2.59 bits per heavy atom. The fraction of sp³-hybridized carbons (Fsp3) is 0.889. The van der Waals surface area contributed by atoms with E-state index >= 15 is 0 Å². The zero-order chi connectivity index (χ0) is 12.9. The van der Waals surface area contributed by atoms with Gasteiger partial charge in [-0.25, -0.2) is 4.72 Å². The summed E-state index contributed by atoms with van der Waals surface area (Å²) >= 11 is 0. The first-order valence-corrected chi connectivity index (χ1v) is 6.90. The van der Waals surface area contributed by atoms with Gasteiger partial charge in [0.15, 0.2) is 0 Å². The number of hydrogen-bond acceptors (Lipinski definition) is 4. The smallest absolute Gasteiger partial charge is 0.303 e. The van der Waals surface area contributed by atoms with Gasteiger partial charge in [0, 0.05) is 26.1 Å². The van der Waals surface area contributed by atoms with Crippen molar-refractivity contribution in [2.75, 3.05) is 32.8 Å². The van der Waals surface area contributed by atoms with E-state index in [-0.39, 0.29) is 18.9 Å². The quantitative estimate of drug-likeness (QED) is 0.660. The molecule has 0 amide bonds. The van der Waals surface area contributed by atoms with Crippen LogP contribution in [0.25, 0.3) is 0 Å². The molecule has 1 aliphatic heterocycles. The van der Waals surface area contributed by atoms with E-state index in [4.69, 9.17) is 9.84 Å². The van der Waals surface area contributed by atoms with Crippen molar-refractivity contribution < 1.29 is 23.1 Å². The monoisotopic (exact) mass is 266 g/mol. The molecule has 2 N–H and O–H groups in total. The van der Waals surface area contributed by atoms with Crippen LogP contribution in [0.2, 0.25) is 0 Å². The van der Waals surface area contributed by atoms with Crippen molar-refractivity contribution in [3.8, 4) is 0 Å². The maximum Gasteiger partial charge on any atom is 0.303 e. The number of nitrogens with one attached hydrogen (secondary N) is 1. The number of rotatable bonds is 6. The van der Waals surface area contributed by atoms with Gasteiger partial charge in [0.25, 0.3) is 10.2 Å². The molecule has 1 aliphatic rings. The number of ether oxygens (including phenoxy) is 1. The molecule has 7 nitrogen and oxygen atoms in total. The van der Waals surface area contributed by atoms with Gasteiger partial charge in [-0.15, -0.1) is 0 Å². The minimum atomic E-state index is -3.50. The molecule has 0 radical (unpaired) electrons. The Morgan fingerprint density at radius 1 is 1.47 bits per heavy atom. The normalized spacial score (nSPS) is 20.1. The van der Waals surface area contributed by atoms with Gasteiger partial charge in [0.2, 0.25) is 0 Å². The van der Waals surface area contributed by atoms with Crippen LogP contribution in [0.5, 0.6) is 0 Å². The van der Waals surface area contributed by atoms with Gasteiger partial charge in [-0.1, -0.05) is 6.92 Å². The molecule has 1 rings (SSSR count). The van der Waals surface area contributed by atoms with E-state index in [1.807, 2.05) is 0 Å². The van der Waals surface area contributed by atoms with Crippen LogP contribution in [0.3, 0.4) is 0 Å². The molecular formula is C9H18N2O5S. The summed E-state index contributed by atoms with van der Waals surface area (Å²) < 4.78 is 32.4. The molecule has 8 heteroatoms. The lowest BCUT2D eigenvalue weighted by Crippen LogP contribution is -2.47. The van der Waals surface area contributed by atoms with Crippen molar-refractivity contribution in [3.05, 3.63) is 0 Å². The molecule has 17 heavy (non-hydrogen) atoms. The van der Waals surface area contributed by atoms with E-state index in [1.54, 1.807) is 6.92 Å².